The van der Waals surface area contributed by atoms with E-state index in [1.807, 2.05) is 0 Å². The topological polar surface area (TPSA) is 94.6 Å². The van der Waals surface area contributed by atoms with Crippen molar-refractivity contribution in [2.75, 3.05) is 9.80 Å². The van der Waals surface area contributed by atoms with Gasteiger partial charge in [-0.1, -0.05) is 0 Å². The molecule has 3 aromatic rings. The maximum Gasteiger partial charge on any atom is 0.419 e. The summed E-state index contributed by atoms with van der Waals surface area (Å²) in [6.45, 7) is 4.72. The number of fused-ring (bicyclic) bond motifs is 1. The fourth-order valence-corrected chi connectivity index (χ4v) is 3.93. The zero-order valence-corrected chi connectivity index (χ0v) is 20.0. The van der Waals surface area contributed by atoms with Gasteiger partial charge in [0.15, 0.2) is 22.3 Å². The Morgan fingerprint density at radius 3 is 2.35 bits per heavy atom. The molecule has 0 atom stereocenters. The Balaban J connectivity index is 2.20. The molecule has 0 unspecified atom stereocenters. The monoisotopic (exact) mass is 542 g/mol. The van der Waals surface area contributed by atoms with Crippen LogP contribution in [0.3, 0.4) is 0 Å². The Labute approximate surface area is 210 Å². The number of rotatable bonds is 4. The smallest absolute Gasteiger partial charge is 0.311 e. The normalized spacial score (nSPS) is 11.9. The number of hydrogen-bond donors (Lipinski definition) is 0. The first-order valence-electron chi connectivity index (χ1n) is 10.2. The van der Waals surface area contributed by atoms with Gasteiger partial charge in [-0.2, -0.15) is 18.4 Å². The minimum atomic E-state index is -4.97. The zero-order chi connectivity index (χ0) is 27.9. The van der Waals surface area contributed by atoms with E-state index in [9.17, 15) is 35.9 Å². The predicted octanol–water partition coefficient (Wildman–Crippen LogP) is 4.61. The van der Waals surface area contributed by atoms with Crippen molar-refractivity contribution in [3.8, 4) is 6.07 Å². The number of carbonyl (C=O) groups is 1. The highest BCUT2D eigenvalue weighted by molar-refractivity contribution is 7.80. The van der Waals surface area contributed by atoms with Gasteiger partial charge in [-0.05, 0) is 39.1 Å². The summed E-state index contributed by atoms with van der Waals surface area (Å²) in [7, 11) is 0. The number of anilines is 2. The summed E-state index contributed by atoms with van der Waals surface area (Å²) in [5.41, 5.74) is -6.63. The van der Waals surface area contributed by atoms with Crippen LogP contribution in [0, 0.1) is 17.1 Å². The highest BCUT2D eigenvalue weighted by Crippen LogP contribution is 2.34. The van der Waals surface area contributed by atoms with Gasteiger partial charge in [0.1, 0.15) is 11.8 Å². The van der Waals surface area contributed by atoms with Crippen LogP contribution in [0.15, 0.2) is 35.4 Å². The number of nitriles is 1. The van der Waals surface area contributed by atoms with E-state index in [-0.39, 0.29) is 12.1 Å². The van der Waals surface area contributed by atoms with E-state index in [0.29, 0.717) is 21.4 Å². The second-order valence-electron chi connectivity index (χ2n) is 8.52. The van der Waals surface area contributed by atoms with Crippen LogP contribution in [0.1, 0.15) is 44.1 Å². The van der Waals surface area contributed by atoms with Gasteiger partial charge in [-0.15, -0.1) is 0 Å². The molecule has 3 aromatic heterocycles. The van der Waals surface area contributed by atoms with Crippen molar-refractivity contribution in [3.63, 3.8) is 0 Å². The zero-order valence-electron chi connectivity index (χ0n) is 19.2. The molecule has 0 bridgehead atoms. The van der Waals surface area contributed by atoms with Gasteiger partial charge in [0.25, 0.3) is 12.0 Å². The van der Waals surface area contributed by atoms with Crippen LogP contribution in [-0.4, -0.2) is 31.4 Å². The minimum Gasteiger partial charge on any atom is -0.311 e. The van der Waals surface area contributed by atoms with E-state index >= 15 is 0 Å². The lowest BCUT2D eigenvalue weighted by Crippen LogP contribution is -2.52. The van der Waals surface area contributed by atoms with Crippen molar-refractivity contribution in [1.82, 2.24) is 14.4 Å². The summed E-state index contributed by atoms with van der Waals surface area (Å²) < 4.78 is 82.0. The molecule has 0 fully saturated rings. The highest BCUT2D eigenvalue weighted by atomic mass is 32.1. The molecular formula is C22H16F6N6O2S. The molecule has 0 aliphatic carbocycles. The quantitative estimate of drug-likeness (QED) is 0.270. The molecule has 0 spiro atoms. The molecule has 3 rings (SSSR count). The summed E-state index contributed by atoms with van der Waals surface area (Å²) in [6.07, 6.45) is -6.12. The summed E-state index contributed by atoms with van der Waals surface area (Å²) in [5, 5.41) is 8.53. The SMILES string of the molecule is CC(C)(C)N(C(=S)N(C=O)c1cnc(C#N)c(C(F)(F)F)c1)c1cc(F)c2nc(C(F)F)cc(=O)n2c1. The molecule has 37 heavy (non-hydrogen) atoms. The van der Waals surface area contributed by atoms with Crippen molar-refractivity contribution in [3.05, 3.63) is 63.7 Å². The Morgan fingerprint density at radius 1 is 1.19 bits per heavy atom. The fraction of sp³-hybridized carbons (Fsp3) is 0.273. The van der Waals surface area contributed by atoms with Gasteiger partial charge < -0.3 is 4.90 Å². The molecule has 0 saturated heterocycles. The van der Waals surface area contributed by atoms with Crippen molar-refractivity contribution in [1.29, 1.82) is 5.26 Å². The molecule has 3 heterocycles. The highest BCUT2D eigenvalue weighted by Gasteiger charge is 2.36. The predicted molar refractivity (Wildman–Crippen MR) is 124 cm³/mol. The summed E-state index contributed by atoms with van der Waals surface area (Å²) in [5.74, 6) is -1.17. The van der Waals surface area contributed by atoms with Crippen LogP contribution >= 0.6 is 12.2 Å². The summed E-state index contributed by atoms with van der Waals surface area (Å²) in [4.78, 5) is 33.1. The van der Waals surface area contributed by atoms with Crippen LogP contribution < -0.4 is 15.4 Å². The van der Waals surface area contributed by atoms with Gasteiger partial charge in [-0.25, -0.2) is 23.1 Å². The Kier molecular flexibility index (Phi) is 7.27. The maximum atomic E-state index is 15.0. The number of pyridine rings is 2. The molecule has 0 radical (unpaired) electrons. The average molecular weight is 542 g/mol. The van der Waals surface area contributed by atoms with Crippen LogP contribution in [0.25, 0.3) is 5.65 Å². The van der Waals surface area contributed by atoms with Gasteiger partial charge in [0.05, 0.1) is 23.1 Å². The molecular weight excluding hydrogens is 526 g/mol. The molecule has 1 amide bonds. The molecule has 0 aromatic carbocycles. The maximum absolute atomic E-state index is 15.0. The number of aromatic nitrogens is 3. The lowest BCUT2D eigenvalue weighted by molar-refractivity contribution is -0.138. The molecule has 0 saturated carbocycles. The molecule has 194 valence electrons. The fourth-order valence-electron chi connectivity index (χ4n) is 3.40. The van der Waals surface area contributed by atoms with E-state index in [4.69, 9.17) is 17.5 Å². The molecule has 0 aliphatic rings. The summed E-state index contributed by atoms with van der Waals surface area (Å²) >= 11 is 5.38. The van der Waals surface area contributed by atoms with E-state index in [2.05, 4.69) is 9.97 Å². The van der Waals surface area contributed by atoms with Crippen molar-refractivity contribution in [2.45, 2.75) is 38.9 Å². The number of alkyl halides is 5. The standard InChI is InChI=1S/C22H16F6N6O2S/c1-21(2,3)34(12-5-14(23)19-31-15(18(24)25)6-17(36)32(19)9-12)20(37)33(10-35)11-4-13(22(26,27)28)16(7-29)30-8-11/h4-6,8-10,18H,1-3H3. The molecule has 0 aliphatic heterocycles. The lowest BCUT2D eigenvalue weighted by Gasteiger charge is -2.40. The first-order chi connectivity index (χ1) is 17.1. The van der Waals surface area contributed by atoms with Crippen LogP contribution in [0.5, 0.6) is 0 Å². The third-order valence-electron chi connectivity index (χ3n) is 4.94. The van der Waals surface area contributed by atoms with Crippen molar-refractivity contribution < 1.29 is 31.1 Å². The Bertz CT molecular complexity index is 1490. The lowest BCUT2D eigenvalue weighted by atomic mass is 10.1. The number of amides is 1. The van der Waals surface area contributed by atoms with E-state index in [0.717, 1.165) is 23.4 Å². The molecule has 15 heteroatoms. The van der Waals surface area contributed by atoms with E-state index < -0.39 is 62.9 Å². The third kappa shape index (κ3) is 5.38. The van der Waals surface area contributed by atoms with E-state index in [1.165, 1.54) is 6.07 Å². The largest absolute Gasteiger partial charge is 0.419 e. The van der Waals surface area contributed by atoms with Crippen molar-refractivity contribution in [2.24, 2.45) is 0 Å². The van der Waals surface area contributed by atoms with Crippen LogP contribution in [0.4, 0.5) is 37.7 Å². The van der Waals surface area contributed by atoms with Crippen molar-refractivity contribution >= 4 is 40.8 Å². The molecule has 8 nitrogen and oxygen atoms in total. The van der Waals surface area contributed by atoms with Gasteiger partial charge >= 0.3 is 6.18 Å². The third-order valence-corrected chi connectivity index (χ3v) is 5.32. The van der Waals surface area contributed by atoms with Crippen LogP contribution in [-0.2, 0) is 11.0 Å². The number of thiocarbonyl (C=S) groups is 1. The van der Waals surface area contributed by atoms with Gasteiger partial charge in [-0.3, -0.25) is 18.9 Å². The van der Waals surface area contributed by atoms with E-state index in [1.54, 1.807) is 20.8 Å². The minimum absolute atomic E-state index is 0.102. The average Bonchev–Trinajstić information content (AvgIpc) is 2.78. The van der Waals surface area contributed by atoms with Crippen LogP contribution in [0.2, 0.25) is 0 Å². The summed E-state index contributed by atoms with van der Waals surface area (Å²) in [6, 6.07) is 3.18. The number of halogens is 6. The van der Waals surface area contributed by atoms with Gasteiger partial charge in [0, 0.05) is 23.9 Å². The second-order valence-corrected chi connectivity index (χ2v) is 8.89. The second kappa shape index (κ2) is 9.77. The first-order valence-corrected chi connectivity index (χ1v) is 10.6. The Hall–Kier alpha value is -4.06. The Morgan fingerprint density at radius 2 is 1.84 bits per heavy atom. The number of hydrogen-bond acceptors (Lipinski definition) is 6. The van der Waals surface area contributed by atoms with Gasteiger partial charge in [0.2, 0.25) is 6.41 Å². The first kappa shape index (κ1) is 27.5. The molecule has 0 N–H and O–H groups in total. The number of nitrogens with zero attached hydrogens (tertiary/aromatic N) is 6. The number of carbonyl (C=O) groups excluding carboxylic acids is 1.